The average Bonchev–Trinajstić information content (AvgIpc) is 2.68. The highest BCUT2D eigenvalue weighted by atomic mass is 32.2. The van der Waals surface area contributed by atoms with Crippen molar-refractivity contribution >= 4 is 21.7 Å². The van der Waals surface area contributed by atoms with Gasteiger partial charge in [0.15, 0.2) is 0 Å². The molecule has 0 radical (unpaired) electrons. The molecule has 0 unspecified atom stereocenters. The van der Waals surface area contributed by atoms with Gasteiger partial charge < -0.3 is 9.64 Å². The molecule has 3 rings (SSSR count). The van der Waals surface area contributed by atoms with Gasteiger partial charge in [0, 0.05) is 26.2 Å². The Kier molecular flexibility index (Phi) is 5.64. The van der Waals surface area contributed by atoms with Gasteiger partial charge in [-0.15, -0.1) is 0 Å². The Hall–Kier alpha value is -1.60. The molecule has 2 aliphatic rings. The van der Waals surface area contributed by atoms with Crippen LogP contribution in [0.5, 0.6) is 0 Å². The fourth-order valence-corrected chi connectivity index (χ4v) is 5.36. The molecular formula is C18H26N2O4S. The number of carbonyl (C=O) groups excluding carboxylic acids is 1. The van der Waals surface area contributed by atoms with Crippen LogP contribution in [-0.2, 0) is 14.8 Å². The molecule has 2 fully saturated rings. The van der Waals surface area contributed by atoms with Crippen LogP contribution < -0.4 is 4.90 Å². The minimum absolute atomic E-state index is 0.235. The smallest absolute Gasteiger partial charge is 0.337 e. The van der Waals surface area contributed by atoms with Crippen LogP contribution in [0.15, 0.2) is 23.1 Å². The van der Waals surface area contributed by atoms with Crippen LogP contribution in [-0.4, -0.2) is 52.0 Å². The van der Waals surface area contributed by atoms with Crippen molar-refractivity contribution in [1.29, 1.82) is 0 Å². The lowest BCUT2D eigenvalue weighted by Crippen LogP contribution is -2.37. The summed E-state index contributed by atoms with van der Waals surface area (Å²) in [4.78, 5) is 14.3. The molecule has 0 amide bonds. The van der Waals surface area contributed by atoms with Crippen molar-refractivity contribution < 1.29 is 17.9 Å². The summed E-state index contributed by atoms with van der Waals surface area (Å²) < 4.78 is 32.9. The highest BCUT2D eigenvalue weighted by molar-refractivity contribution is 7.89. The van der Waals surface area contributed by atoms with Crippen LogP contribution in [0.2, 0.25) is 0 Å². The van der Waals surface area contributed by atoms with Gasteiger partial charge in [-0.05, 0) is 50.3 Å². The number of hydrogen-bond acceptors (Lipinski definition) is 5. The number of esters is 1. The zero-order valence-corrected chi connectivity index (χ0v) is 15.6. The number of piperidine rings is 2. The van der Waals surface area contributed by atoms with E-state index < -0.39 is 16.0 Å². The monoisotopic (exact) mass is 366 g/mol. The summed E-state index contributed by atoms with van der Waals surface area (Å²) in [5.74, 6) is -0.514. The molecule has 7 heteroatoms. The van der Waals surface area contributed by atoms with E-state index in [0.29, 0.717) is 18.8 Å². The molecule has 0 aliphatic carbocycles. The molecule has 138 valence electrons. The van der Waals surface area contributed by atoms with Crippen molar-refractivity contribution in [3.63, 3.8) is 0 Å². The summed E-state index contributed by atoms with van der Waals surface area (Å²) in [6.45, 7) is 2.79. The Bertz CT molecular complexity index is 721. The standard InChI is InChI=1S/C18H26N2O4S/c1-24-18(21)15-8-9-16(19-10-4-2-5-11-19)17(14-15)25(22,23)20-12-6-3-7-13-20/h8-9,14H,2-7,10-13H2,1H3. The average molecular weight is 366 g/mol. The van der Waals surface area contributed by atoms with Gasteiger partial charge in [0.05, 0.1) is 18.4 Å². The summed E-state index contributed by atoms with van der Waals surface area (Å²) in [6, 6.07) is 4.90. The predicted molar refractivity (Wildman–Crippen MR) is 96.5 cm³/mol. The number of rotatable bonds is 4. The fourth-order valence-electron chi connectivity index (χ4n) is 3.61. The van der Waals surface area contributed by atoms with E-state index in [4.69, 9.17) is 4.74 Å². The maximum Gasteiger partial charge on any atom is 0.337 e. The predicted octanol–water partition coefficient (Wildman–Crippen LogP) is 2.64. The molecule has 0 atom stereocenters. The van der Waals surface area contributed by atoms with Gasteiger partial charge in [0.1, 0.15) is 4.90 Å². The molecule has 0 bridgehead atoms. The molecule has 1 aromatic carbocycles. The first-order valence-corrected chi connectivity index (χ1v) is 10.5. The van der Waals surface area contributed by atoms with E-state index in [-0.39, 0.29) is 10.5 Å². The normalized spacial score (nSPS) is 19.6. The van der Waals surface area contributed by atoms with E-state index in [1.54, 1.807) is 16.4 Å². The van der Waals surface area contributed by atoms with Crippen LogP contribution in [0.25, 0.3) is 0 Å². The van der Waals surface area contributed by atoms with Crippen LogP contribution in [0, 0.1) is 0 Å². The molecule has 25 heavy (non-hydrogen) atoms. The van der Waals surface area contributed by atoms with Crippen molar-refractivity contribution in [3.05, 3.63) is 23.8 Å². The molecule has 2 aliphatic heterocycles. The fraction of sp³-hybridized carbons (Fsp3) is 0.611. The van der Waals surface area contributed by atoms with E-state index >= 15 is 0 Å². The summed E-state index contributed by atoms with van der Waals surface area (Å²) in [7, 11) is -2.32. The summed E-state index contributed by atoms with van der Waals surface area (Å²) in [6.07, 6.45) is 6.12. The molecule has 0 N–H and O–H groups in total. The number of nitrogens with zero attached hydrogens (tertiary/aromatic N) is 2. The molecule has 2 heterocycles. The lowest BCUT2D eigenvalue weighted by Gasteiger charge is -2.32. The molecule has 6 nitrogen and oxygen atoms in total. The third kappa shape index (κ3) is 3.82. The highest BCUT2D eigenvalue weighted by Crippen LogP contribution is 2.32. The van der Waals surface area contributed by atoms with Gasteiger partial charge in [-0.2, -0.15) is 4.31 Å². The topological polar surface area (TPSA) is 66.9 Å². The Morgan fingerprint density at radius 2 is 1.56 bits per heavy atom. The van der Waals surface area contributed by atoms with Gasteiger partial charge >= 0.3 is 5.97 Å². The number of methoxy groups -OCH3 is 1. The van der Waals surface area contributed by atoms with Crippen LogP contribution in [0.1, 0.15) is 48.9 Å². The van der Waals surface area contributed by atoms with E-state index in [1.165, 1.54) is 19.6 Å². The molecule has 2 saturated heterocycles. The zero-order valence-electron chi connectivity index (χ0n) is 14.7. The molecule has 0 aromatic heterocycles. The zero-order chi connectivity index (χ0) is 17.9. The van der Waals surface area contributed by atoms with Gasteiger partial charge in [0.2, 0.25) is 10.0 Å². The molecule has 0 saturated carbocycles. The Morgan fingerprint density at radius 3 is 2.16 bits per heavy atom. The number of benzene rings is 1. The van der Waals surface area contributed by atoms with E-state index in [9.17, 15) is 13.2 Å². The maximum absolute atomic E-state index is 13.3. The van der Waals surface area contributed by atoms with E-state index in [0.717, 1.165) is 45.2 Å². The Balaban J connectivity index is 2.04. The third-order valence-corrected chi connectivity index (χ3v) is 6.94. The number of sulfonamides is 1. The van der Waals surface area contributed by atoms with Crippen LogP contribution >= 0.6 is 0 Å². The van der Waals surface area contributed by atoms with Crippen molar-refractivity contribution in [3.8, 4) is 0 Å². The second-order valence-electron chi connectivity index (χ2n) is 6.69. The number of carbonyl (C=O) groups is 1. The highest BCUT2D eigenvalue weighted by Gasteiger charge is 2.31. The minimum Gasteiger partial charge on any atom is -0.465 e. The first kappa shape index (κ1) is 18.2. The van der Waals surface area contributed by atoms with Crippen molar-refractivity contribution in [2.75, 3.05) is 38.2 Å². The summed E-state index contributed by atoms with van der Waals surface area (Å²) >= 11 is 0. The first-order chi connectivity index (χ1) is 12.0. The van der Waals surface area contributed by atoms with Crippen molar-refractivity contribution in [2.24, 2.45) is 0 Å². The van der Waals surface area contributed by atoms with Gasteiger partial charge in [-0.3, -0.25) is 0 Å². The summed E-state index contributed by atoms with van der Waals surface area (Å²) in [5.41, 5.74) is 0.983. The largest absolute Gasteiger partial charge is 0.465 e. The van der Waals surface area contributed by atoms with Gasteiger partial charge in [-0.25, -0.2) is 13.2 Å². The molecule has 1 aromatic rings. The van der Waals surface area contributed by atoms with Crippen molar-refractivity contribution in [2.45, 2.75) is 43.4 Å². The number of hydrogen-bond donors (Lipinski definition) is 0. The Morgan fingerprint density at radius 1 is 0.960 bits per heavy atom. The first-order valence-electron chi connectivity index (χ1n) is 9.01. The summed E-state index contributed by atoms with van der Waals surface area (Å²) in [5, 5.41) is 0. The van der Waals surface area contributed by atoms with Gasteiger partial charge in [0.25, 0.3) is 0 Å². The molecular weight excluding hydrogens is 340 g/mol. The Labute approximate surface area is 149 Å². The third-order valence-electron chi connectivity index (χ3n) is 5.01. The maximum atomic E-state index is 13.3. The lowest BCUT2D eigenvalue weighted by molar-refractivity contribution is 0.0600. The van der Waals surface area contributed by atoms with Gasteiger partial charge in [-0.1, -0.05) is 6.42 Å². The number of anilines is 1. The van der Waals surface area contributed by atoms with E-state index in [2.05, 4.69) is 4.90 Å². The van der Waals surface area contributed by atoms with E-state index in [1.807, 2.05) is 0 Å². The minimum atomic E-state index is -3.62. The lowest BCUT2D eigenvalue weighted by atomic mass is 10.1. The van der Waals surface area contributed by atoms with Crippen LogP contribution in [0.3, 0.4) is 0 Å². The second-order valence-corrected chi connectivity index (χ2v) is 8.59. The molecule has 0 spiro atoms. The van der Waals surface area contributed by atoms with Crippen molar-refractivity contribution in [1.82, 2.24) is 4.31 Å². The second kappa shape index (κ2) is 7.74. The quantitative estimate of drug-likeness (QED) is 0.767. The van der Waals surface area contributed by atoms with Crippen LogP contribution in [0.4, 0.5) is 5.69 Å². The number of ether oxygens (including phenoxy) is 1. The SMILES string of the molecule is COC(=O)c1ccc(N2CCCCC2)c(S(=O)(=O)N2CCCCC2)c1.